The first-order chi connectivity index (χ1) is 8.67. The van der Waals surface area contributed by atoms with E-state index < -0.39 is 6.10 Å². The van der Waals surface area contributed by atoms with E-state index in [1.54, 1.807) is 5.51 Å². The lowest BCUT2D eigenvalue weighted by Gasteiger charge is -2.12. The number of nitrogens with zero attached hydrogens (tertiary/aromatic N) is 3. The Balaban J connectivity index is 2.41. The van der Waals surface area contributed by atoms with Crippen LogP contribution in [0.5, 0.6) is 11.8 Å². The van der Waals surface area contributed by atoms with Gasteiger partial charge in [-0.25, -0.2) is 9.97 Å². The molecule has 0 saturated heterocycles. The normalized spacial score (nSPS) is 12.2. The first-order valence-electron chi connectivity index (χ1n) is 5.20. The van der Waals surface area contributed by atoms with Crippen molar-refractivity contribution in [3.05, 3.63) is 28.0 Å². The molecular weight excluding hydrogens is 254 g/mol. The maximum atomic E-state index is 10.3. The summed E-state index contributed by atoms with van der Waals surface area (Å²) in [6.07, 6.45) is 0.545. The summed E-state index contributed by atoms with van der Waals surface area (Å²) in [6, 6.07) is 0. The lowest BCUT2D eigenvalue weighted by molar-refractivity contribution is 0.209. The summed E-state index contributed by atoms with van der Waals surface area (Å²) in [7, 11) is 2.96. The topological polar surface area (TPSA) is 77.4 Å². The number of aryl methyl sites for hydroxylation is 1. The molecule has 0 spiro atoms. The quantitative estimate of drug-likeness (QED) is 0.900. The van der Waals surface area contributed by atoms with Crippen LogP contribution in [-0.4, -0.2) is 34.3 Å². The highest BCUT2D eigenvalue weighted by Crippen LogP contribution is 2.31. The molecule has 0 aromatic carbocycles. The number of aliphatic hydroxyl groups excluding tert-OH is 1. The molecule has 2 rings (SSSR count). The SMILES string of the molecule is COc1cnc(C(O)c2scnc2C)c(OC)n1. The van der Waals surface area contributed by atoms with Crippen LogP contribution in [0.2, 0.25) is 0 Å². The highest BCUT2D eigenvalue weighted by molar-refractivity contribution is 7.09. The number of hydrogen-bond donors (Lipinski definition) is 1. The second-order valence-corrected chi connectivity index (χ2v) is 4.40. The fraction of sp³-hybridized carbons (Fsp3) is 0.364. The van der Waals surface area contributed by atoms with Gasteiger partial charge in [-0.15, -0.1) is 11.3 Å². The number of methoxy groups -OCH3 is 2. The van der Waals surface area contributed by atoms with Crippen molar-refractivity contribution in [1.82, 2.24) is 15.0 Å². The van der Waals surface area contributed by atoms with Crippen LogP contribution < -0.4 is 9.47 Å². The fourth-order valence-electron chi connectivity index (χ4n) is 1.50. The van der Waals surface area contributed by atoms with Gasteiger partial charge in [0.1, 0.15) is 11.8 Å². The molecule has 1 N–H and O–H groups in total. The van der Waals surface area contributed by atoms with Crippen LogP contribution in [0.25, 0.3) is 0 Å². The van der Waals surface area contributed by atoms with Gasteiger partial charge in [-0.05, 0) is 6.92 Å². The van der Waals surface area contributed by atoms with Crippen LogP contribution in [0, 0.1) is 6.92 Å². The molecule has 0 fully saturated rings. The fourth-order valence-corrected chi connectivity index (χ4v) is 2.29. The van der Waals surface area contributed by atoms with Crippen LogP contribution >= 0.6 is 11.3 Å². The van der Waals surface area contributed by atoms with Crippen molar-refractivity contribution in [2.45, 2.75) is 13.0 Å². The van der Waals surface area contributed by atoms with Gasteiger partial charge in [0.25, 0.3) is 0 Å². The molecule has 0 radical (unpaired) electrons. The minimum atomic E-state index is -0.897. The summed E-state index contributed by atoms with van der Waals surface area (Å²) in [6.45, 7) is 1.83. The standard InChI is InChI=1S/C11H13N3O3S/c1-6-10(18-5-13-6)9(15)8-11(17-3)14-7(16-2)4-12-8/h4-5,9,15H,1-3H3. The van der Waals surface area contributed by atoms with E-state index in [1.807, 2.05) is 6.92 Å². The van der Waals surface area contributed by atoms with E-state index in [-0.39, 0.29) is 5.88 Å². The molecule has 0 amide bonds. The highest BCUT2D eigenvalue weighted by Gasteiger charge is 2.22. The van der Waals surface area contributed by atoms with Crippen LogP contribution in [0.15, 0.2) is 11.7 Å². The van der Waals surface area contributed by atoms with Gasteiger partial charge in [-0.2, -0.15) is 4.98 Å². The molecule has 2 aromatic heterocycles. The summed E-state index contributed by atoms with van der Waals surface area (Å²) in [5, 5.41) is 10.3. The van der Waals surface area contributed by atoms with Crippen LogP contribution in [0.3, 0.4) is 0 Å². The van der Waals surface area contributed by atoms with Crippen molar-refractivity contribution in [2.75, 3.05) is 14.2 Å². The summed E-state index contributed by atoms with van der Waals surface area (Å²) < 4.78 is 10.1. The summed E-state index contributed by atoms with van der Waals surface area (Å²) in [4.78, 5) is 13.0. The number of rotatable bonds is 4. The minimum Gasteiger partial charge on any atom is -0.480 e. The Hall–Kier alpha value is -1.73. The Morgan fingerprint density at radius 3 is 2.61 bits per heavy atom. The molecule has 0 aliphatic rings. The number of hydrogen-bond acceptors (Lipinski definition) is 7. The maximum absolute atomic E-state index is 10.3. The largest absolute Gasteiger partial charge is 0.480 e. The van der Waals surface area contributed by atoms with E-state index >= 15 is 0 Å². The zero-order valence-corrected chi connectivity index (χ0v) is 11.1. The van der Waals surface area contributed by atoms with Crippen molar-refractivity contribution in [2.24, 2.45) is 0 Å². The molecule has 0 aliphatic heterocycles. The molecule has 2 aromatic rings. The number of thiazole rings is 1. The number of aliphatic hydroxyl groups is 1. The lowest BCUT2D eigenvalue weighted by atomic mass is 10.2. The first kappa shape index (κ1) is 12.7. The smallest absolute Gasteiger partial charge is 0.241 e. The van der Waals surface area contributed by atoms with Crippen molar-refractivity contribution >= 4 is 11.3 Å². The molecule has 7 heteroatoms. The average Bonchev–Trinajstić information content (AvgIpc) is 2.83. The molecule has 0 saturated carbocycles. The third-order valence-electron chi connectivity index (χ3n) is 2.44. The molecule has 1 atom stereocenters. The third-order valence-corrected chi connectivity index (χ3v) is 3.42. The number of aromatic nitrogens is 3. The van der Waals surface area contributed by atoms with Crippen LogP contribution in [0.4, 0.5) is 0 Å². The van der Waals surface area contributed by atoms with Gasteiger partial charge < -0.3 is 14.6 Å². The molecule has 1 unspecified atom stereocenters. The van der Waals surface area contributed by atoms with Crippen LogP contribution in [0.1, 0.15) is 22.4 Å². The van der Waals surface area contributed by atoms with Crippen molar-refractivity contribution in [3.63, 3.8) is 0 Å². The van der Waals surface area contributed by atoms with Crippen molar-refractivity contribution < 1.29 is 14.6 Å². The zero-order valence-electron chi connectivity index (χ0n) is 10.2. The van der Waals surface area contributed by atoms with E-state index in [1.165, 1.54) is 31.8 Å². The van der Waals surface area contributed by atoms with Gasteiger partial charge in [-0.3, -0.25) is 0 Å². The van der Waals surface area contributed by atoms with Gasteiger partial charge in [0.15, 0.2) is 0 Å². The second-order valence-electron chi connectivity index (χ2n) is 3.51. The van der Waals surface area contributed by atoms with E-state index in [2.05, 4.69) is 15.0 Å². The molecule has 0 bridgehead atoms. The molecule has 6 nitrogen and oxygen atoms in total. The molecule has 2 heterocycles. The molecular formula is C11H13N3O3S. The van der Waals surface area contributed by atoms with Gasteiger partial charge in [0.2, 0.25) is 11.8 Å². The summed E-state index contributed by atoms with van der Waals surface area (Å²) >= 11 is 1.37. The summed E-state index contributed by atoms with van der Waals surface area (Å²) in [5.41, 5.74) is 2.80. The van der Waals surface area contributed by atoms with Crippen molar-refractivity contribution in [1.29, 1.82) is 0 Å². The lowest BCUT2D eigenvalue weighted by Crippen LogP contribution is -2.07. The molecule has 0 aliphatic carbocycles. The number of ether oxygens (including phenoxy) is 2. The molecule has 18 heavy (non-hydrogen) atoms. The van der Waals surface area contributed by atoms with Gasteiger partial charge in [-0.1, -0.05) is 0 Å². The van der Waals surface area contributed by atoms with Crippen LogP contribution in [-0.2, 0) is 0 Å². The summed E-state index contributed by atoms with van der Waals surface area (Å²) in [5.74, 6) is 0.582. The Morgan fingerprint density at radius 1 is 1.28 bits per heavy atom. The predicted molar refractivity (Wildman–Crippen MR) is 66.0 cm³/mol. The Labute approximate surface area is 108 Å². The average molecular weight is 267 g/mol. The Kier molecular flexibility index (Phi) is 3.73. The van der Waals surface area contributed by atoms with Gasteiger partial charge in [0.05, 0.1) is 36.5 Å². The van der Waals surface area contributed by atoms with E-state index in [4.69, 9.17) is 9.47 Å². The van der Waals surface area contributed by atoms with E-state index in [0.717, 1.165) is 10.6 Å². The molecule has 96 valence electrons. The van der Waals surface area contributed by atoms with E-state index in [9.17, 15) is 5.11 Å². The Morgan fingerprint density at radius 2 is 2.06 bits per heavy atom. The van der Waals surface area contributed by atoms with Crippen molar-refractivity contribution in [3.8, 4) is 11.8 Å². The predicted octanol–water partition coefficient (Wildman–Crippen LogP) is 1.34. The highest BCUT2D eigenvalue weighted by atomic mass is 32.1. The minimum absolute atomic E-state index is 0.245. The second kappa shape index (κ2) is 5.28. The third kappa shape index (κ3) is 2.27. The van der Waals surface area contributed by atoms with Gasteiger partial charge in [0, 0.05) is 0 Å². The zero-order chi connectivity index (χ0) is 13.1. The first-order valence-corrected chi connectivity index (χ1v) is 6.08. The van der Waals surface area contributed by atoms with Gasteiger partial charge >= 0.3 is 0 Å². The monoisotopic (exact) mass is 267 g/mol. The van der Waals surface area contributed by atoms with E-state index in [0.29, 0.717) is 11.6 Å². The Bertz CT molecular complexity index is 544. The maximum Gasteiger partial charge on any atom is 0.241 e.